The molecule has 0 atom stereocenters. The van der Waals surface area contributed by atoms with Gasteiger partial charge in [0, 0.05) is 10.6 Å². The summed E-state index contributed by atoms with van der Waals surface area (Å²) in [5.74, 6) is 1.10. The lowest BCUT2D eigenvalue weighted by atomic mass is 10.1. The van der Waals surface area contributed by atoms with Crippen LogP contribution in [-0.2, 0) is 16.0 Å². The normalized spacial score (nSPS) is 13.0. The van der Waals surface area contributed by atoms with E-state index in [1.165, 1.54) is 11.8 Å². The van der Waals surface area contributed by atoms with Crippen LogP contribution in [0, 0.1) is 0 Å². The molecule has 3 rings (SSSR count). The van der Waals surface area contributed by atoms with Crippen molar-refractivity contribution in [2.24, 2.45) is 0 Å². The number of fused-ring (bicyclic) bond motifs is 1. The van der Waals surface area contributed by atoms with Crippen LogP contribution in [0.25, 0.3) is 0 Å². The van der Waals surface area contributed by atoms with Gasteiger partial charge in [-0.1, -0.05) is 12.1 Å². The number of rotatable bonds is 5. The van der Waals surface area contributed by atoms with Gasteiger partial charge in [0.2, 0.25) is 11.8 Å². The predicted molar refractivity (Wildman–Crippen MR) is 95.7 cm³/mol. The van der Waals surface area contributed by atoms with Crippen molar-refractivity contribution < 1.29 is 14.3 Å². The number of hydrogen-bond donors (Lipinski definition) is 2. The number of carbonyl (C=O) groups is 2. The van der Waals surface area contributed by atoms with Gasteiger partial charge in [-0.15, -0.1) is 11.8 Å². The fourth-order valence-electron chi connectivity index (χ4n) is 2.42. The Morgan fingerprint density at radius 1 is 1.25 bits per heavy atom. The van der Waals surface area contributed by atoms with Crippen LogP contribution < -0.4 is 15.4 Å². The van der Waals surface area contributed by atoms with E-state index in [9.17, 15) is 9.59 Å². The first-order chi connectivity index (χ1) is 11.6. The van der Waals surface area contributed by atoms with Crippen LogP contribution in [0.1, 0.15) is 12.5 Å². The Kier molecular flexibility index (Phi) is 5.05. The maximum absolute atomic E-state index is 12.2. The molecule has 0 radical (unpaired) electrons. The van der Waals surface area contributed by atoms with Crippen molar-refractivity contribution in [1.82, 2.24) is 0 Å². The number of amides is 2. The Hall–Kier alpha value is -2.47. The number of nitrogens with one attached hydrogen (secondary N) is 2. The maximum Gasteiger partial charge on any atom is 0.234 e. The van der Waals surface area contributed by atoms with Gasteiger partial charge >= 0.3 is 0 Å². The average Bonchev–Trinajstić information content (AvgIpc) is 2.56. The van der Waals surface area contributed by atoms with Crippen molar-refractivity contribution in [3.63, 3.8) is 0 Å². The summed E-state index contributed by atoms with van der Waals surface area (Å²) in [4.78, 5) is 24.6. The number of thioether (sulfide) groups is 1. The molecule has 0 spiro atoms. The zero-order valence-corrected chi connectivity index (χ0v) is 14.1. The Balaban J connectivity index is 1.62. The summed E-state index contributed by atoms with van der Waals surface area (Å²) < 4.78 is 5.39. The summed E-state index contributed by atoms with van der Waals surface area (Å²) in [5.41, 5.74) is 2.33. The van der Waals surface area contributed by atoms with Gasteiger partial charge in [0.25, 0.3) is 0 Å². The molecule has 0 bridgehead atoms. The lowest BCUT2D eigenvalue weighted by Gasteiger charge is -2.17. The minimum atomic E-state index is -0.103. The second kappa shape index (κ2) is 7.40. The first-order valence-electron chi connectivity index (χ1n) is 7.72. The summed E-state index contributed by atoms with van der Waals surface area (Å²) in [6.45, 7) is 2.55. The van der Waals surface area contributed by atoms with Gasteiger partial charge in [-0.3, -0.25) is 9.59 Å². The van der Waals surface area contributed by atoms with Crippen LogP contribution in [0.2, 0.25) is 0 Å². The van der Waals surface area contributed by atoms with E-state index >= 15 is 0 Å². The Bertz CT molecular complexity index is 759. The van der Waals surface area contributed by atoms with Crippen molar-refractivity contribution in [3.8, 4) is 5.75 Å². The molecule has 0 fully saturated rings. The van der Waals surface area contributed by atoms with E-state index in [0.29, 0.717) is 18.0 Å². The summed E-state index contributed by atoms with van der Waals surface area (Å²) >= 11 is 1.50. The fourth-order valence-corrected chi connectivity index (χ4v) is 3.21. The molecule has 1 aliphatic rings. The molecule has 2 aromatic carbocycles. The molecule has 0 aliphatic carbocycles. The second-order valence-corrected chi connectivity index (χ2v) is 6.37. The molecule has 0 saturated carbocycles. The van der Waals surface area contributed by atoms with Crippen LogP contribution >= 0.6 is 11.8 Å². The van der Waals surface area contributed by atoms with Gasteiger partial charge < -0.3 is 15.4 Å². The number of benzene rings is 2. The molecule has 6 heteroatoms. The highest BCUT2D eigenvalue weighted by molar-refractivity contribution is 8.00. The fraction of sp³-hybridized carbons (Fsp3) is 0.222. The smallest absolute Gasteiger partial charge is 0.234 e. The largest absolute Gasteiger partial charge is 0.494 e. The predicted octanol–water partition coefficient (Wildman–Crippen LogP) is 3.31. The molecular weight excluding hydrogens is 324 g/mol. The van der Waals surface area contributed by atoms with Crippen LogP contribution in [0.15, 0.2) is 47.4 Å². The van der Waals surface area contributed by atoms with E-state index < -0.39 is 0 Å². The Morgan fingerprint density at radius 2 is 2.04 bits per heavy atom. The van der Waals surface area contributed by atoms with Crippen LogP contribution in [0.3, 0.4) is 0 Å². The maximum atomic E-state index is 12.2. The van der Waals surface area contributed by atoms with Gasteiger partial charge in [-0.2, -0.15) is 0 Å². The molecule has 0 unspecified atom stereocenters. The van der Waals surface area contributed by atoms with Crippen molar-refractivity contribution in [2.75, 3.05) is 23.0 Å². The molecule has 2 amide bonds. The van der Waals surface area contributed by atoms with E-state index in [0.717, 1.165) is 21.9 Å². The van der Waals surface area contributed by atoms with Gasteiger partial charge in [-0.05, 0) is 42.8 Å². The zero-order chi connectivity index (χ0) is 16.9. The molecule has 0 aromatic heterocycles. The molecule has 1 aliphatic heterocycles. The third-order valence-electron chi connectivity index (χ3n) is 3.50. The second-order valence-electron chi connectivity index (χ2n) is 5.35. The quantitative estimate of drug-likeness (QED) is 0.875. The van der Waals surface area contributed by atoms with Crippen molar-refractivity contribution in [1.29, 1.82) is 0 Å². The molecule has 2 N–H and O–H groups in total. The van der Waals surface area contributed by atoms with Gasteiger partial charge in [0.1, 0.15) is 5.75 Å². The standard InChI is InChI=1S/C18H18N2O3S/c1-2-23-14-6-3-12(4-7-14)9-17(21)19-13-5-8-16-15(10-13)20-18(22)11-24-16/h3-8,10H,2,9,11H2,1H3,(H,19,21)(H,20,22). The molecule has 2 aromatic rings. The summed E-state index contributed by atoms with van der Waals surface area (Å²) in [6.07, 6.45) is 0.282. The number of hydrogen-bond acceptors (Lipinski definition) is 4. The van der Waals surface area contributed by atoms with Crippen molar-refractivity contribution >= 4 is 35.0 Å². The highest BCUT2D eigenvalue weighted by atomic mass is 32.2. The van der Waals surface area contributed by atoms with E-state index in [2.05, 4.69) is 10.6 Å². The number of ether oxygens (including phenoxy) is 1. The molecule has 24 heavy (non-hydrogen) atoms. The zero-order valence-electron chi connectivity index (χ0n) is 13.3. The van der Waals surface area contributed by atoms with Crippen LogP contribution in [0.4, 0.5) is 11.4 Å². The SMILES string of the molecule is CCOc1ccc(CC(=O)Nc2ccc3c(c2)NC(=O)CS3)cc1. The number of anilines is 2. The summed E-state index contributed by atoms with van der Waals surface area (Å²) in [7, 11) is 0. The molecular formula is C18H18N2O3S. The lowest BCUT2D eigenvalue weighted by molar-refractivity contribution is -0.115. The van der Waals surface area contributed by atoms with E-state index in [-0.39, 0.29) is 18.2 Å². The monoisotopic (exact) mass is 342 g/mol. The molecule has 0 saturated heterocycles. The minimum Gasteiger partial charge on any atom is -0.494 e. The Morgan fingerprint density at radius 3 is 2.79 bits per heavy atom. The molecule has 5 nitrogen and oxygen atoms in total. The van der Waals surface area contributed by atoms with Crippen LogP contribution in [-0.4, -0.2) is 24.2 Å². The average molecular weight is 342 g/mol. The highest BCUT2D eigenvalue weighted by Crippen LogP contribution is 2.33. The lowest BCUT2D eigenvalue weighted by Crippen LogP contribution is -2.19. The third kappa shape index (κ3) is 4.08. The van der Waals surface area contributed by atoms with Crippen molar-refractivity contribution in [2.45, 2.75) is 18.2 Å². The number of carbonyl (C=O) groups excluding carboxylic acids is 2. The summed E-state index contributed by atoms with van der Waals surface area (Å²) in [5, 5.41) is 5.68. The van der Waals surface area contributed by atoms with Gasteiger partial charge in [0.15, 0.2) is 0 Å². The topological polar surface area (TPSA) is 67.4 Å². The molecule has 1 heterocycles. The first kappa shape index (κ1) is 16.4. The minimum absolute atomic E-state index is 0.0228. The Labute approximate surface area is 144 Å². The third-order valence-corrected chi connectivity index (χ3v) is 4.57. The van der Waals surface area contributed by atoms with E-state index in [1.807, 2.05) is 43.3 Å². The first-order valence-corrected chi connectivity index (χ1v) is 8.71. The van der Waals surface area contributed by atoms with Crippen LogP contribution in [0.5, 0.6) is 5.75 Å². The van der Waals surface area contributed by atoms with E-state index in [1.54, 1.807) is 6.07 Å². The van der Waals surface area contributed by atoms with Crippen molar-refractivity contribution in [3.05, 3.63) is 48.0 Å². The molecule has 124 valence electrons. The highest BCUT2D eigenvalue weighted by Gasteiger charge is 2.16. The van der Waals surface area contributed by atoms with Gasteiger partial charge in [0.05, 0.1) is 24.5 Å². The summed E-state index contributed by atoms with van der Waals surface area (Å²) in [6, 6.07) is 13.0. The van der Waals surface area contributed by atoms with Gasteiger partial charge in [-0.25, -0.2) is 0 Å². The van der Waals surface area contributed by atoms with E-state index in [4.69, 9.17) is 4.74 Å².